The van der Waals surface area contributed by atoms with E-state index >= 15 is 0 Å². The minimum atomic E-state index is -3.17. The van der Waals surface area contributed by atoms with Crippen LogP contribution in [0.5, 0.6) is 0 Å². The van der Waals surface area contributed by atoms with Crippen LogP contribution in [0.2, 0.25) is 0 Å². The summed E-state index contributed by atoms with van der Waals surface area (Å²) in [7, 11) is -3.17. The maximum Gasteiger partial charge on any atom is 0.216 e. The van der Waals surface area contributed by atoms with E-state index in [-0.39, 0.29) is 12.4 Å². The maximum atomic E-state index is 11.6. The second kappa shape index (κ2) is 3.47. The molecule has 2 aliphatic rings. The third kappa shape index (κ3) is 1.68. The van der Waals surface area contributed by atoms with E-state index in [0.29, 0.717) is 18.5 Å². The topological polar surface area (TPSA) is 57.6 Å². The lowest BCUT2D eigenvalue weighted by Gasteiger charge is -2.37. The normalized spacial score (nSPS) is 26.6. The van der Waals surface area contributed by atoms with E-state index in [4.69, 9.17) is 5.11 Å². The lowest BCUT2D eigenvalue weighted by molar-refractivity contribution is 0.153. The highest BCUT2D eigenvalue weighted by atomic mass is 32.2. The SMILES string of the molecule is O=S(=O)(CCO)N1CCC2(CCC2)C1. The summed E-state index contributed by atoms with van der Waals surface area (Å²) in [5.41, 5.74) is 0.308. The Balaban J connectivity index is 2.01. The van der Waals surface area contributed by atoms with Crippen molar-refractivity contribution in [2.24, 2.45) is 5.41 Å². The van der Waals surface area contributed by atoms with Gasteiger partial charge in [0.2, 0.25) is 10.0 Å². The molecule has 1 saturated carbocycles. The lowest BCUT2D eigenvalue weighted by Crippen LogP contribution is -2.37. The van der Waals surface area contributed by atoms with Gasteiger partial charge >= 0.3 is 0 Å². The number of hydrogen-bond donors (Lipinski definition) is 1. The van der Waals surface area contributed by atoms with Gasteiger partial charge in [0.25, 0.3) is 0 Å². The molecule has 1 N–H and O–H groups in total. The molecule has 0 radical (unpaired) electrons. The molecule has 0 aromatic heterocycles. The first kappa shape index (κ1) is 10.4. The molecule has 1 aliphatic heterocycles. The first-order chi connectivity index (χ1) is 6.58. The van der Waals surface area contributed by atoms with Gasteiger partial charge in [0.1, 0.15) is 0 Å². The van der Waals surface area contributed by atoms with Gasteiger partial charge in [-0.3, -0.25) is 0 Å². The Morgan fingerprint density at radius 2 is 2.00 bits per heavy atom. The second-order valence-electron chi connectivity index (χ2n) is 4.48. The Morgan fingerprint density at radius 3 is 2.43 bits per heavy atom. The van der Waals surface area contributed by atoms with Crippen LogP contribution < -0.4 is 0 Å². The van der Waals surface area contributed by atoms with Gasteiger partial charge in [-0.1, -0.05) is 6.42 Å². The van der Waals surface area contributed by atoms with E-state index < -0.39 is 10.0 Å². The molecule has 1 aliphatic carbocycles. The second-order valence-corrected chi connectivity index (χ2v) is 6.57. The summed E-state index contributed by atoms with van der Waals surface area (Å²) >= 11 is 0. The monoisotopic (exact) mass is 219 g/mol. The fraction of sp³-hybridized carbons (Fsp3) is 1.00. The Morgan fingerprint density at radius 1 is 1.29 bits per heavy atom. The molecule has 0 bridgehead atoms. The summed E-state index contributed by atoms with van der Waals surface area (Å²) < 4.78 is 24.8. The van der Waals surface area contributed by atoms with Crippen molar-refractivity contribution in [2.45, 2.75) is 25.7 Å². The molecule has 14 heavy (non-hydrogen) atoms. The van der Waals surface area contributed by atoms with Crippen LogP contribution in [0.15, 0.2) is 0 Å². The predicted octanol–water partition coefficient (Wildman–Crippen LogP) is 0.184. The highest BCUT2D eigenvalue weighted by Crippen LogP contribution is 2.48. The van der Waals surface area contributed by atoms with Crippen molar-refractivity contribution in [3.63, 3.8) is 0 Å². The van der Waals surface area contributed by atoms with E-state index in [1.165, 1.54) is 19.3 Å². The molecule has 0 amide bonds. The zero-order valence-electron chi connectivity index (χ0n) is 8.28. The first-order valence-electron chi connectivity index (χ1n) is 5.17. The predicted molar refractivity (Wildman–Crippen MR) is 53.3 cm³/mol. The van der Waals surface area contributed by atoms with Gasteiger partial charge in [0, 0.05) is 13.1 Å². The van der Waals surface area contributed by atoms with Gasteiger partial charge in [-0.05, 0) is 24.7 Å². The van der Waals surface area contributed by atoms with Crippen LogP contribution in [0.1, 0.15) is 25.7 Å². The minimum Gasteiger partial charge on any atom is -0.395 e. The van der Waals surface area contributed by atoms with Crippen LogP contribution >= 0.6 is 0 Å². The highest BCUT2D eigenvalue weighted by molar-refractivity contribution is 7.89. The van der Waals surface area contributed by atoms with Crippen molar-refractivity contribution in [1.29, 1.82) is 0 Å². The zero-order chi connectivity index (χ0) is 10.2. The molecule has 82 valence electrons. The highest BCUT2D eigenvalue weighted by Gasteiger charge is 2.45. The van der Waals surface area contributed by atoms with E-state index in [1.807, 2.05) is 0 Å². The standard InChI is InChI=1S/C9H17NO3S/c11-6-7-14(12,13)10-5-4-9(8-10)2-1-3-9/h11H,1-8H2. The van der Waals surface area contributed by atoms with Crippen LogP contribution in [-0.2, 0) is 10.0 Å². The third-order valence-electron chi connectivity index (χ3n) is 3.56. The molecular formula is C9H17NO3S. The molecule has 0 aromatic carbocycles. The van der Waals surface area contributed by atoms with Gasteiger partial charge in [-0.15, -0.1) is 0 Å². The van der Waals surface area contributed by atoms with Crippen molar-refractivity contribution in [1.82, 2.24) is 4.31 Å². The first-order valence-corrected chi connectivity index (χ1v) is 6.78. The number of nitrogens with zero attached hydrogens (tertiary/aromatic N) is 1. The average Bonchev–Trinajstić information content (AvgIpc) is 2.47. The van der Waals surface area contributed by atoms with Crippen LogP contribution in [0.3, 0.4) is 0 Å². The number of hydrogen-bond acceptors (Lipinski definition) is 3. The quantitative estimate of drug-likeness (QED) is 0.737. The van der Waals surface area contributed by atoms with Crippen LogP contribution in [0, 0.1) is 5.41 Å². The van der Waals surface area contributed by atoms with Crippen LogP contribution in [0.4, 0.5) is 0 Å². The van der Waals surface area contributed by atoms with Crippen molar-refractivity contribution < 1.29 is 13.5 Å². The minimum absolute atomic E-state index is 0.122. The van der Waals surface area contributed by atoms with Crippen LogP contribution in [0.25, 0.3) is 0 Å². The molecule has 2 fully saturated rings. The van der Waals surface area contributed by atoms with Crippen LogP contribution in [-0.4, -0.2) is 43.3 Å². The van der Waals surface area contributed by atoms with Gasteiger partial charge in [-0.2, -0.15) is 0 Å². The average molecular weight is 219 g/mol. The van der Waals surface area contributed by atoms with Gasteiger partial charge in [0.05, 0.1) is 12.4 Å². The fourth-order valence-electron chi connectivity index (χ4n) is 2.46. The van der Waals surface area contributed by atoms with Crippen molar-refractivity contribution in [2.75, 3.05) is 25.4 Å². The molecule has 1 saturated heterocycles. The molecule has 1 heterocycles. The molecule has 0 unspecified atom stereocenters. The summed E-state index contributed by atoms with van der Waals surface area (Å²) in [6.45, 7) is 1.07. The molecular weight excluding hydrogens is 202 g/mol. The van der Waals surface area contributed by atoms with E-state index in [9.17, 15) is 8.42 Å². The molecule has 5 heteroatoms. The van der Waals surface area contributed by atoms with Crippen molar-refractivity contribution >= 4 is 10.0 Å². The van der Waals surface area contributed by atoms with E-state index in [0.717, 1.165) is 6.42 Å². The van der Waals surface area contributed by atoms with Crippen molar-refractivity contribution in [3.8, 4) is 0 Å². The number of aliphatic hydroxyl groups excluding tert-OH is 1. The summed E-state index contributed by atoms with van der Waals surface area (Å²) in [5.74, 6) is -0.122. The summed E-state index contributed by atoms with van der Waals surface area (Å²) in [6.07, 6.45) is 4.61. The van der Waals surface area contributed by atoms with E-state index in [2.05, 4.69) is 0 Å². The van der Waals surface area contributed by atoms with Gasteiger partial charge < -0.3 is 5.11 Å². The number of aliphatic hydroxyl groups is 1. The fourth-order valence-corrected chi connectivity index (χ4v) is 3.79. The van der Waals surface area contributed by atoms with Crippen molar-refractivity contribution in [3.05, 3.63) is 0 Å². The molecule has 4 nitrogen and oxygen atoms in total. The Kier molecular flexibility index (Phi) is 2.57. The Labute approximate surface area is 85.0 Å². The molecule has 1 spiro atoms. The summed E-state index contributed by atoms with van der Waals surface area (Å²) in [6, 6.07) is 0. The smallest absolute Gasteiger partial charge is 0.216 e. The zero-order valence-corrected chi connectivity index (χ0v) is 9.09. The van der Waals surface area contributed by atoms with E-state index in [1.54, 1.807) is 4.31 Å². The lowest BCUT2D eigenvalue weighted by atomic mass is 9.68. The summed E-state index contributed by atoms with van der Waals surface area (Å²) in [5, 5.41) is 8.66. The Hall–Kier alpha value is -0.130. The molecule has 0 atom stereocenters. The molecule has 2 rings (SSSR count). The Bertz CT molecular complexity index is 308. The maximum absolute atomic E-state index is 11.6. The summed E-state index contributed by atoms with van der Waals surface area (Å²) in [4.78, 5) is 0. The van der Waals surface area contributed by atoms with Gasteiger partial charge in [-0.25, -0.2) is 12.7 Å². The molecule has 0 aromatic rings. The van der Waals surface area contributed by atoms with Gasteiger partial charge in [0.15, 0.2) is 0 Å². The number of rotatable bonds is 3. The third-order valence-corrected chi connectivity index (χ3v) is 5.36. The largest absolute Gasteiger partial charge is 0.395 e. The number of sulfonamides is 1.